The second-order valence-corrected chi connectivity index (χ2v) is 19.0. The number of carbonyl (C=O) groups is 2. The summed E-state index contributed by atoms with van der Waals surface area (Å²) in [6.07, 6.45) is 0.481. The van der Waals surface area contributed by atoms with Crippen LogP contribution >= 0.6 is 0 Å². The number of anilines is 1. The zero-order valence-electron chi connectivity index (χ0n) is 30.7. The first-order valence-electron chi connectivity index (χ1n) is 18.0. The summed E-state index contributed by atoms with van der Waals surface area (Å²) in [7, 11) is 0.892. The second kappa shape index (κ2) is 16.3. The minimum absolute atomic E-state index is 0.0291. The molecule has 2 aliphatic rings. The molecule has 0 saturated carbocycles. The van der Waals surface area contributed by atoms with Crippen molar-refractivity contribution in [1.82, 2.24) is 4.90 Å². The predicted molar refractivity (Wildman–Crippen MR) is 207 cm³/mol. The van der Waals surface area contributed by atoms with Crippen LogP contribution in [0.3, 0.4) is 0 Å². The molecule has 2 heterocycles. The molecule has 1 unspecified atom stereocenters. The first-order valence-corrected chi connectivity index (χ1v) is 21.1. The van der Waals surface area contributed by atoms with E-state index in [9.17, 15) is 14.7 Å². The van der Waals surface area contributed by atoms with Gasteiger partial charge in [0.05, 0.1) is 39.3 Å². The van der Waals surface area contributed by atoms with Gasteiger partial charge in [0.2, 0.25) is 11.8 Å². The minimum Gasteiger partial charge on any atom is -0.497 e. The van der Waals surface area contributed by atoms with Crippen LogP contribution in [-0.4, -0.2) is 69.1 Å². The van der Waals surface area contributed by atoms with E-state index in [2.05, 4.69) is 32.2 Å². The molecule has 0 spiro atoms. The van der Waals surface area contributed by atoms with Crippen molar-refractivity contribution in [3.05, 3.63) is 120 Å². The maximum Gasteiger partial charge on any atom is 0.247 e. The molecule has 0 radical (unpaired) electrons. The van der Waals surface area contributed by atoms with Crippen molar-refractivity contribution in [1.29, 1.82) is 0 Å². The van der Waals surface area contributed by atoms with Crippen LogP contribution < -0.4 is 19.7 Å². The van der Waals surface area contributed by atoms with Gasteiger partial charge in [-0.2, -0.15) is 5.10 Å². The summed E-state index contributed by atoms with van der Waals surface area (Å²) in [6, 6.07) is 33.7. The largest absolute Gasteiger partial charge is 0.497 e. The van der Waals surface area contributed by atoms with Crippen molar-refractivity contribution in [3.63, 3.8) is 0 Å². The molecule has 6 rings (SSSR count). The molecule has 4 aromatic carbocycles. The van der Waals surface area contributed by atoms with Crippen molar-refractivity contribution in [2.24, 2.45) is 11.0 Å². The maximum absolute atomic E-state index is 14.3. The van der Waals surface area contributed by atoms with Crippen molar-refractivity contribution in [3.8, 4) is 11.5 Å². The Morgan fingerprint density at radius 1 is 0.981 bits per heavy atom. The van der Waals surface area contributed by atoms with Gasteiger partial charge in [0, 0.05) is 56.5 Å². The van der Waals surface area contributed by atoms with E-state index in [0.717, 1.165) is 28.2 Å². The van der Waals surface area contributed by atoms with Gasteiger partial charge in [-0.25, -0.2) is 5.01 Å². The molecule has 272 valence electrons. The number of ether oxygens (including phenoxy) is 3. The molecule has 0 fully saturated rings. The normalized spacial score (nSPS) is 19.3. The lowest BCUT2D eigenvalue weighted by molar-refractivity contribution is -0.133. The molecule has 0 aliphatic carbocycles. The number of fused-ring (bicyclic) bond motifs is 1. The van der Waals surface area contributed by atoms with Gasteiger partial charge in [0.15, 0.2) is 0 Å². The summed E-state index contributed by atoms with van der Waals surface area (Å²) in [4.78, 5) is 29.3. The minimum atomic E-state index is -2.46. The van der Waals surface area contributed by atoms with E-state index in [4.69, 9.17) is 19.3 Å². The number of aliphatic hydroxyl groups excluding tert-OH is 1. The number of aliphatic hydroxyl groups is 1. The molecule has 52 heavy (non-hydrogen) atoms. The number of hydrogen-bond donors (Lipinski definition) is 1. The van der Waals surface area contributed by atoms with Crippen LogP contribution in [0.4, 0.5) is 5.69 Å². The lowest BCUT2D eigenvalue weighted by Crippen LogP contribution is -2.55. The number of methoxy groups -OCH3 is 2. The van der Waals surface area contributed by atoms with Crippen LogP contribution in [0, 0.1) is 5.92 Å². The fourth-order valence-electron chi connectivity index (χ4n) is 7.64. The number of benzene rings is 4. The molecular weight excluding hydrogens is 671 g/mol. The summed E-state index contributed by atoms with van der Waals surface area (Å²) in [5.74, 6) is 1.21. The molecule has 0 saturated heterocycles. The summed E-state index contributed by atoms with van der Waals surface area (Å²) in [5, 5.41) is 17.5. The fourth-order valence-corrected chi connectivity index (χ4v) is 11.0. The van der Waals surface area contributed by atoms with E-state index in [1.165, 1.54) is 10.2 Å². The lowest BCUT2D eigenvalue weighted by Gasteiger charge is -2.46. The third-order valence-electron chi connectivity index (χ3n) is 10.7. The molecule has 9 nitrogen and oxygen atoms in total. The second-order valence-electron chi connectivity index (χ2n) is 14.2. The molecule has 2 aliphatic heterocycles. The average molecular weight is 720 g/mol. The Morgan fingerprint density at radius 2 is 1.67 bits per heavy atom. The van der Waals surface area contributed by atoms with Crippen LogP contribution in [0.1, 0.15) is 49.0 Å². The Hall–Kier alpha value is -4.77. The molecule has 4 aromatic rings. The van der Waals surface area contributed by atoms with Crippen LogP contribution in [0.15, 0.2) is 108 Å². The van der Waals surface area contributed by atoms with Crippen molar-refractivity contribution in [2.45, 2.75) is 63.6 Å². The van der Waals surface area contributed by atoms with Gasteiger partial charge in [0.1, 0.15) is 17.6 Å². The molecule has 1 N–H and O–H groups in total. The van der Waals surface area contributed by atoms with E-state index in [-0.39, 0.29) is 55.1 Å². The smallest absolute Gasteiger partial charge is 0.247 e. The van der Waals surface area contributed by atoms with E-state index >= 15 is 0 Å². The average Bonchev–Trinajstić information content (AvgIpc) is 3.17. The van der Waals surface area contributed by atoms with Crippen molar-refractivity contribution < 1.29 is 28.9 Å². The van der Waals surface area contributed by atoms with Gasteiger partial charge in [-0.1, -0.05) is 98.0 Å². The van der Waals surface area contributed by atoms with Gasteiger partial charge in [-0.05, 0) is 41.5 Å². The van der Waals surface area contributed by atoms with Gasteiger partial charge >= 0.3 is 0 Å². The Bertz CT molecular complexity index is 1870. The topological polar surface area (TPSA) is 101 Å². The molecule has 0 bridgehead atoms. The zero-order chi connectivity index (χ0) is 36.8. The fraction of sp³-hybridized carbons (Fsp3) is 0.357. The molecular formula is C42H49N3O6Si. The lowest BCUT2D eigenvalue weighted by atomic mass is 9.86. The number of hydrogen-bond acceptors (Lipinski definition) is 7. The molecule has 0 aromatic heterocycles. The quantitative estimate of drug-likeness (QED) is 0.154. The van der Waals surface area contributed by atoms with Gasteiger partial charge in [-0.15, -0.1) is 0 Å². The molecule has 10 heteroatoms. The van der Waals surface area contributed by atoms with Gasteiger partial charge < -0.3 is 24.2 Å². The van der Waals surface area contributed by atoms with E-state index in [1.54, 1.807) is 19.1 Å². The number of nitrogens with zero attached hydrogens (tertiary/aromatic N) is 3. The Kier molecular flexibility index (Phi) is 11.6. The van der Waals surface area contributed by atoms with Crippen molar-refractivity contribution >= 4 is 36.5 Å². The summed E-state index contributed by atoms with van der Waals surface area (Å²) in [5.41, 5.74) is 4.22. The third-order valence-corrected chi connectivity index (χ3v) is 14.9. The van der Waals surface area contributed by atoms with E-state index in [0.29, 0.717) is 30.8 Å². The predicted octanol–water partition coefficient (Wildman–Crippen LogP) is 6.71. The Morgan fingerprint density at radius 3 is 2.33 bits per heavy atom. The highest BCUT2D eigenvalue weighted by molar-refractivity contribution is 6.91. The van der Waals surface area contributed by atoms with Gasteiger partial charge in [-0.3, -0.25) is 9.59 Å². The highest BCUT2D eigenvalue weighted by Crippen LogP contribution is 2.48. The zero-order valence-corrected chi connectivity index (χ0v) is 31.7. The van der Waals surface area contributed by atoms with Crippen LogP contribution in [0.25, 0.3) is 0 Å². The van der Waals surface area contributed by atoms with Crippen LogP contribution in [-0.2, 0) is 20.9 Å². The van der Waals surface area contributed by atoms with E-state index in [1.807, 2.05) is 91.0 Å². The highest BCUT2D eigenvalue weighted by atomic mass is 28.3. The number of amides is 2. The summed E-state index contributed by atoms with van der Waals surface area (Å²) in [6.45, 7) is 7.23. The molecule has 2 amide bonds. The highest BCUT2D eigenvalue weighted by Gasteiger charge is 2.48. The monoisotopic (exact) mass is 719 g/mol. The number of hydrazone groups is 1. The van der Waals surface area contributed by atoms with Crippen molar-refractivity contribution in [2.75, 3.05) is 32.4 Å². The standard InChI is InChI=1S/C42H49N3O6Si/c1-29-41(50-3)35-26-32(45-39(47)23-21-36(43-45)31-14-10-7-11-15-31)16-22-37(35)51-42(29)38(52(4,5)34-19-17-33(49-2)18-20-34)27-40(48)44(24-25-46)28-30-12-8-6-9-13-30/h6-20,22,26,29,38,41-42,46H,21,23-25,27-28H2,1-5H3/t29-,38?,41-,42-/m1/s1. The van der Waals surface area contributed by atoms with Crippen LogP contribution in [0.2, 0.25) is 18.6 Å². The van der Waals surface area contributed by atoms with E-state index < -0.39 is 8.07 Å². The first kappa shape index (κ1) is 37.0. The SMILES string of the molecule is COc1ccc([Si](C)(C)C(CC(=O)N(CCO)Cc2ccccc2)[C@@H]2Oc3ccc(N4N=C(c5ccccc5)CCC4=O)cc3[C@H](OC)[C@H]2C)cc1. The summed E-state index contributed by atoms with van der Waals surface area (Å²) >= 11 is 0. The number of carbonyl (C=O) groups excluding carboxylic acids is 2. The van der Waals surface area contributed by atoms with Gasteiger partial charge in [0.25, 0.3) is 0 Å². The first-order chi connectivity index (χ1) is 25.1. The number of rotatable bonds is 13. The third kappa shape index (κ3) is 7.84. The Balaban J connectivity index is 1.35. The molecule has 4 atom stereocenters. The maximum atomic E-state index is 14.3. The Labute approximate surface area is 307 Å². The summed E-state index contributed by atoms with van der Waals surface area (Å²) < 4.78 is 18.7. The van der Waals surface area contributed by atoms with Crippen LogP contribution in [0.5, 0.6) is 11.5 Å².